The van der Waals surface area contributed by atoms with Crippen LogP contribution in [0.1, 0.15) is 30.1 Å². The highest BCUT2D eigenvalue weighted by molar-refractivity contribution is 5.93. The smallest absolute Gasteiger partial charge is 0.257 e. The summed E-state index contributed by atoms with van der Waals surface area (Å²) in [6.45, 7) is 3.74. The Hall–Kier alpha value is -3.03. The van der Waals surface area contributed by atoms with Crippen molar-refractivity contribution in [2.45, 2.75) is 19.8 Å². The van der Waals surface area contributed by atoms with Gasteiger partial charge in [-0.25, -0.2) is 9.97 Å². The quantitative estimate of drug-likeness (QED) is 0.816. The Labute approximate surface area is 164 Å². The maximum absolute atomic E-state index is 12.6. The lowest BCUT2D eigenvalue weighted by atomic mass is 10.00. The third kappa shape index (κ3) is 4.27. The molecule has 0 radical (unpaired) electrons. The molecule has 1 aromatic heterocycles. The molecule has 1 fully saturated rings. The van der Waals surface area contributed by atoms with Crippen LogP contribution in [-0.4, -0.2) is 55.2 Å². The normalized spacial score (nSPS) is 16.4. The number of rotatable bonds is 6. The Balaban J connectivity index is 1.75. The fraction of sp³-hybridized carbons (Fsp3) is 0.450. The molecular formula is C20H26N4O4. The van der Waals surface area contributed by atoms with Crippen LogP contribution in [0.25, 0.3) is 0 Å². The van der Waals surface area contributed by atoms with Gasteiger partial charge in [-0.3, -0.25) is 4.79 Å². The van der Waals surface area contributed by atoms with Gasteiger partial charge in [-0.1, -0.05) is 6.92 Å². The van der Waals surface area contributed by atoms with E-state index in [1.165, 1.54) is 0 Å². The summed E-state index contributed by atoms with van der Waals surface area (Å²) in [4.78, 5) is 23.1. The summed E-state index contributed by atoms with van der Waals surface area (Å²) in [5.74, 6) is 2.43. The fourth-order valence-corrected chi connectivity index (χ4v) is 3.34. The number of methoxy groups -OCH3 is 3. The average molecular weight is 386 g/mol. The number of nitrogens with one attached hydrogen (secondary N) is 1. The van der Waals surface area contributed by atoms with Crippen molar-refractivity contribution in [3.63, 3.8) is 0 Å². The first-order chi connectivity index (χ1) is 13.5. The van der Waals surface area contributed by atoms with Gasteiger partial charge in [-0.05, 0) is 18.8 Å². The van der Waals surface area contributed by atoms with Crippen molar-refractivity contribution >= 4 is 17.5 Å². The number of benzene rings is 1. The average Bonchev–Trinajstić information content (AvgIpc) is 2.73. The van der Waals surface area contributed by atoms with E-state index in [2.05, 4.69) is 22.2 Å². The summed E-state index contributed by atoms with van der Waals surface area (Å²) in [6.07, 6.45) is 5.30. The largest absolute Gasteiger partial charge is 0.493 e. The number of carbonyl (C=O) groups excluding carboxylic acids is 1. The van der Waals surface area contributed by atoms with Gasteiger partial charge < -0.3 is 24.4 Å². The van der Waals surface area contributed by atoms with E-state index >= 15 is 0 Å². The first kappa shape index (κ1) is 19.7. The summed E-state index contributed by atoms with van der Waals surface area (Å²) in [5.41, 5.74) is 1.17. The number of piperidine rings is 1. The van der Waals surface area contributed by atoms with Crippen molar-refractivity contribution in [1.82, 2.24) is 14.9 Å². The molecule has 1 aliphatic heterocycles. The van der Waals surface area contributed by atoms with Crippen LogP contribution in [0.15, 0.2) is 24.5 Å². The monoisotopic (exact) mass is 386 g/mol. The van der Waals surface area contributed by atoms with E-state index in [0.717, 1.165) is 25.9 Å². The van der Waals surface area contributed by atoms with Crippen LogP contribution in [-0.2, 0) is 0 Å². The van der Waals surface area contributed by atoms with Gasteiger partial charge in [0.05, 0.1) is 26.9 Å². The molecule has 1 saturated heterocycles. The minimum Gasteiger partial charge on any atom is -0.493 e. The van der Waals surface area contributed by atoms with E-state index in [4.69, 9.17) is 14.2 Å². The van der Waals surface area contributed by atoms with E-state index in [0.29, 0.717) is 40.4 Å². The number of amides is 1. The molecule has 1 aromatic carbocycles. The van der Waals surface area contributed by atoms with Crippen LogP contribution in [0.3, 0.4) is 0 Å². The van der Waals surface area contributed by atoms with Gasteiger partial charge in [-0.15, -0.1) is 0 Å². The highest BCUT2D eigenvalue weighted by Crippen LogP contribution is 2.40. The molecule has 2 heterocycles. The molecule has 1 unspecified atom stereocenters. The zero-order chi connectivity index (χ0) is 20.1. The zero-order valence-electron chi connectivity index (χ0n) is 16.7. The molecule has 8 nitrogen and oxygen atoms in total. The second-order valence-electron chi connectivity index (χ2n) is 6.83. The van der Waals surface area contributed by atoms with Gasteiger partial charge in [0.2, 0.25) is 11.7 Å². The summed E-state index contributed by atoms with van der Waals surface area (Å²) in [5, 5.41) is 3.09. The van der Waals surface area contributed by atoms with Gasteiger partial charge >= 0.3 is 0 Å². The van der Waals surface area contributed by atoms with E-state index in [1.54, 1.807) is 45.9 Å². The maximum Gasteiger partial charge on any atom is 0.257 e. The summed E-state index contributed by atoms with van der Waals surface area (Å²) in [6, 6.07) is 3.53. The number of anilines is 2. The summed E-state index contributed by atoms with van der Waals surface area (Å²) in [7, 11) is 4.66. The van der Waals surface area contributed by atoms with Crippen LogP contribution in [0.4, 0.5) is 11.6 Å². The standard InChI is InChI=1S/C20H26N4O4/c1-13-6-5-7-24(12-13)19(25)14-10-21-20(22-11-14)23-15-8-16(26-2)18(28-4)17(9-15)27-3/h8-11,13H,5-7,12H2,1-4H3,(H,21,22,23). The SMILES string of the molecule is COc1cc(Nc2ncc(C(=O)N3CCCC(C)C3)cn2)cc(OC)c1OC. The number of hydrogen-bond donors (Lipinski definition) is 1. The van der Waals surface area contributed by atoms with Crippen LogP contribution in [0, 0.1) is 5.92 Å². The topological polar surface area (TPSA) is 85.8 Å². The van der Waals surface area contributed by atoms with Crippen molar-refractivity contribution in [3.8, 4) is 17.2 Å². The minimum atomic E-state index is -0.0223. The van der Waals surface area contributed by atoms with Gasteiger partial charge in [0.25, 0.3) is 5.91 Å². The lowest BCUT2D eigenvalue weighted by Crippen LogP contribution is -2.39. The van der Waals surface area contributed by atoms with Crippen molar-refractivity contribution in [1.29, 1.82) is 0 Å². The lowest BCUT2D eigenvalue weighted by Gasteiger charge is -2.30. The molecule has 1 N–H and O–H groups in total. The number of aromatic nitrogens is 2. The van der Waals surface area contributed by atoms with E-state index in [9.17, 15) is 4.79 Å². The third-order valence-corrected chi connectivity index (χ3v) is 4.76. The Kier molecular flexibility index (Phi) is 6.18. The van der Waals surface area contributed by atoms with E-state index in [-0.39, 0.29) is 5.91 Å². The van der Waals surface area contributed by atoms with Gasteiger partial charge in [-0.2, -0.15) is 0 Å². The fourth-order valence-electron chi connectivity index (χ4n) is 3.34. The van der Waals surface area contributed by atoms with Crippen molar-refractivity contribution in [2.75, 3.05) is 39.7 Å². The lowest BCUT2D eigenvalue weighted by molar-refractivity contribution is 0.0682. The molecule has 2 aromatic rings. The molecule has 0 spiro atoms. The second-order valence-corrected chi connectivity index (χ2v) is 6.83. The number of nitrogens with zero attached hydrogens (tertiary/aromatic N) is 3. The minimum absolute atomic E-state index is 0.0223. The molecule has 1 atom stereocenters. The van der Waals surface area contributed by atoms with E-state index < -0.39 is 0 Å². The summed E-state index contributed by atoms with van der Waals surface area (Å²) < 4.78 is 16.0. The molecule has 0 saturated carbocycles. The third-order valence-electron chi connectivity index (χ3n) is 4.76. The molecule has 1 aliphatic rings. The molecule has 8 heteroatoms. The predicted molar refractivity (Wildman–Crippen MR) is 106 cm³/mol. The van der Waals surface area contributed by atoms with Crippen molar-refractivity contribution in [2.24, 2.45) is 5.92 Å². The first-order valence-corrected chi connectivity index (χ1v) is 9.24. The number of likely N-dealkylation sites (tertiary alicyclic amines) is 1. The molecular weight excluding hydrogens is 360 g/mol. The molecule has 3 rings (SSSR count). The van der Waals surface area contributed by atoms with Crippen LogP contribution in [0.5, 0.6) is 17.2 Å². The molecule has 1 amide bonds. The Morgan fingerprint density at radius 2 is 1.75 bits per heavy atom. The number of ether oxygens (including phenoxy) is 3. The summed E-state index contributed by atoms with van der Waals surface area (Å²) >= 11 is 0. The van der Waals surface area contributed by atoms with Gasteiger partial charge in [0.15, 0.2) is 11.5 Å². The highest BCUT2D eigenvalue weighted by Gasteiger charge is 2.22. The van der Waals surface area contributed by atoms with Gasteiger partial charge in [0.1, 0.15) is 0 Å². The van der Waals surface area contributed by atoms with Crippen LogP contribution >= 0.6 is 0 Å². The highest BCUT2D eigenvalue weighted by atomic mass is 16.5. The molecule has 150 valence electrons. The molecule has 0 bridgehead atoms. The molecule has 0 aliphatic carbocycles. The van der Waals surface area contributed by atoms with Crippen LogP contribution < -0.4 is 19.5 Å². The Morgan fingerprint density at radius 1 is 1.11 bits per heavy atom. The predicted octanol–water partition coefficient (Wildman–Crippen LogP) is 3.12. The number of carbonyl (C=O) groups is 1. The zero-order valence-corrected chi connectivity index (χ0v) is 16.7. The van der Waals surface area contributed by atoms with Crippen molar-refractivity contribution < 1.29 is 19.0 Å². The first-order valence-electron chi connectivity index (χ1n) is 9.24. The van der Waals surface area contributed by atoms with Crippen molar-refractivity contribution in [3.05, 3.63) is 30.1 Å². The maximum atomic E-state index is 12.6. The Morgan fingerprint density at radius 3 is 2.29 bits per heavy atom. The molecule has 28 heavy (non-hydrogen) atoms. The Bertz CT molecular complexity index is 800. The second kappa shape index (κ2) is 8.77. The van der Waals surface area contributed by atoms with Gasteiger partial charge in [0, 0.05) is 43.3 Å². The van der Waals surface area contributed by atoms with Crippen LogP contribution in [0.2, 0.25) is 0 Å². The van der Waals surface area contributed by atoms with E-state index in [1.807, 2.05) is 4.90 Å². The number of hydrogen-bond acceptors (Lipinski definition) is 7.